The van der Waals surface area contributed by atoms with Crippen LogP contribution in [-0.4, -0.2) is 39.7 Å². The third-order valence-electron chi connectivity index (χ3n) is 6.47. The summed E-state index contributed by atoms with van der Waals surface area (Å²) in [7, 11) is 0. The van der Waals surface area contributed by atoms with Gasteiger partial charge in [-0.2, -0.15) is 5.10 Å². The highest BCUT2D eigenvalue weighted by molar-refractivity contribution is 6.04. The molecule has 2 aromatic carbocycles. The monoisotopic (exact) mass is 446 g/mol. The Bertz CT molecular complexity index is 1160. The summed E-state index contributed by atoms with van der Waals surface area (Å²) < 4.78 is 1.47. The fourth-order valence-corrected chi connectivity index (χ4v) is 4.62. The summed E-state index contributed by atoms with van der Waals surface area (Å²) in [5.74, 6) is -0.187. The van der Waals surface area contributed by atoms with Crippen molar-refractivity contribution in [2.24, 2.45) is 0 Å². The predicted octanol–water partition coefficient (Wildman–Crippen LogP) is 4.29. The lowest BCUT2D eigenvalue weighted by molar-refractivity contribution is 0.0903. The van der Waals surface area contributed by atoms with Crippen molar-refractivity contribution in [2.75, 3.05) is 13.1 Å². The fourth-order valence-electron chi connectivity index (χ4n) is 4.62. The van der Waals surface area contributed by atoms with Gasteiger partial charge in [-0.25, -0.2) is 4.68 Å². The van der Waals surface area contributed by atoms with Crippen molar-refractivity contribution in [2.45, 2.75) is 65.1 Å². The maximum absolute atomic E-state index is 13.2. The van der Waals surface area contributed by atoms with Crippen LogP contribution in [0.2, 0.25) is 0 Å². The van der Waals surface area contributed by atoms with Crippen molar-refractivity contribution in [3.63, 3.8) is 0 Å². The van der Waals surface area contributed by atoms with Gasteiger partial charge in [-0.3, -0.25) is 14.5 Å². The number of rotatable bonds is 8. The maximum Gasteiger partial charge on any atom is 0.274 e. The number of benzene rings is 2. The summed E-state index contributed by atoms with van der Waals surface area (Å²) in [6, 6.07) is 16.1. The SMILES string of the molecule is CCCCCn1nc(C(=O)NC2CCN(Cc3cccc(C)c3)CC2)c2ccccc2c1=O. The van der Waals surface area contributed by atoms with Crippen LogP contribution in [0.1, 0.15) is 60.6 Å². The number of piperidine rings is 1. The van der Waals surface area contributed by atoms with Crippen LogP contribution in [0, 0.1) is 6.92 Å². The minimum atomic E-state index is -0.187. The number of nitrogens with one attached hydrogen (secondary N) is 1. The molecule has 0 bridgehead atoms. The van der Waals surface area contributed by atoms with Gasteiger partial charge in [0.15, 0.2) is 5.69 Å². The zero-order valence-corrected chi connectivity index (χ0v) is 19.7. The molecular weight excluding hydrogens is 412 g/mol. The van der Waals surface area contributed by atoms with Gasteiger partial charge in [0, 0.05) is 37.6 Å². The second-order valence-electron chi connectivity index (χ2n) is 9.14. The third kappa shape index (κ3) is 5.69. The average molecular weight is 447 g/mol. The Morgan fingerprint density at radius 3 is 2.55 bits per heavy atom. The van der Waals surface area contributed by atoms with E-state index in [1.54, 1.807) is 6.07 Å². The Hall–Kier alpha value is -2.99. The van der Waals surface area contributed by atoms with E-state index in [1.165, 1.54) is 15.8 Å². The van der Waals surface area contributed by atoms with Crippen LogP contribution in [0.3, 0.4) is 0 Å². The predicted molar refractivity (Wildman–Crippen MR) is 132 cm³/mol. The van der Waals surface area contributed by atoms with Crippen molar-refractivity contribution in [1.29, 1.82) is 0 Å². The minimum absolute atomic E-state index is 0.118. The molecule has 6 nitrogen and oxygen atoms in total. The van der Waals surface area contributed by atoms with Crippen LogP contribution >= 0.6 is 0 Å². The van der Waals surface area contributed by atoms with Crippen LogP contribution in [0.25, 0.3) is 10.8 Å². The molecule has 1 amide bonds. The molecule has 174 valence electrons. The number of unbranched alkanes of at least 4 members (excludes halogenated alkanes) is 2. The quantitative estimate of drug-likeness (QED) is 0.524. The topological polar surface area (TPSA) is 67.2 Å². The highest BCUT2D eigenvalue weighted by Gasteiger charge is 2.23. The summed E-state index contributed by atoms with van der Waals surface area (Å²) in [4.78, 5) is 28.5. The van der Waals surface area contributed by atoms with Gasteiger partial charge in [0.2, 0.25) is 0 Å². The molecule has 1 aliphatic rings. The van der Waals surface area contributed by atoms with Crippen molar-refractivity contribution in [1.82, 2.24) is 20.0 Å². The Balaban J connectivity index is 1.43. The number of hydrogen-bond acceptors (Lipinski definition) is 4. The van der Waals surface area contributed by atoms with E-state index in [4.69, 9.17) is 0 Å². The number of aryl methyl sites for hydroxylation is 2. The number of aromatic nitrogens is 2. The van der Waals surface area contributed by atoms with Gasteiger partial charge in [0.1, 0.15) is 0 Å². The molecule has 0 spiro atoms. The zero-order chi connectivity index (χ0) is 23.2. The normalized spacial score (nSPS) is 15.1. The molecule has 1 saturated heterocycles. The van der Waals surface area contributed by atoms with E-state index in [-0.39, 0.29) is 17.5 Å². The van der Waals surface area contributed by atoms with E-state index < -0.39 is 0 Å². The van der Waals surface area contributed by atoms with Crippen molar-refractivity contribution in [3.8, 4) is 0 Å². The molecule has 0 radical (unpaired) electrons. The van der Waals surface area contributed by atoms with Crippen LogP contribution in [0.5, 0.6) is 0 Å². The lowest BCUT2D eigenvalue weighted by Crippen LogP contribution is -2.45. The molecule has 1 aromatic heterocycles. The number of amides is 1. The third-order valence-corrected chi connectivity index (χ3v) is 6.47. The number of carbonyl (C=O) groups is 1. The summed E-state index contributed by atoms with van der Waals surface area (Å²) in [5.41, 5.74) is 2.84. The first kappa shape index (κ1) is 23.2. The first-order valence-corrected chi connectivity index (χ1v) is 12.1. The molecule has 0 saturated carbocycles. The molecule has 0 atom stereocenters. The average Bonchev–Trinajstić information content (AvgIpc) is 2.82. The van der Waals surface area contributed by atoms with E-state index in [9.17, 15) is 9.59 Å². The van der Waals surface area contributed by atoms with Gasteiger partial charge in [-0.15, -0.1) is 0 Å². The molecule has 6 heteroatoms. The molecular formula is C27H34N4O2. The Morgan fingerprint density at radius 2 is 1.82 bits per heavy atom. The minimum Gasteiger partial charge on any atom is -0.348 e. The number of hydrogen-bond donors (Lipinski definition) is 1. The number of fused-ring (bicyclic) bond motifs is 1. The number of nitrogens with zero attached hydrogens (tertiary/aromatic N) is 3. The lowest BCUT2D eigenvalue weighted by Gasteiger charge is -2.32. The Morgan fingerprint density at radius 1 is 1.06 bits per heavy atom. The number of carbonyl (C=O) groups excluding carboxylic acids is 1. The Labute approximate surface area is 195 Å². The molecule has 33 heavy (non-hydrogen) atoms. The fraction of sp³-hybridized carbons (Fsp3) is 0.444. The lowest BCUT2D eigenvalue weighted by atomic mass is 10.0. The van der Waals surface area contributed by atoms with Crippen LogP contribution in [0.4, 0.5) is 0 Å². The standard InChI is InChI=1S/C27H34N4O2/c1-3-4-7-15-31-27(33)24-12-6-5-11-23(24)25(29-31)26(32)28-22-13-16-30(17-14-22)19-21-10-8-9-20(2)18-21/h5-6,8-12,18,22H,3-4,7,13-17,19H2,1-2H3,(H,28,32). The van der Waals surface area contributed by atoms with Gasteiger partial charge in [0.25, 0.3) is 11.5 Å². The summed E-state index contributed by atoms with van der Waals surface area (Å²) in [5, 5.41) is 8.88. The summed E-state index contributed by atoms with van der Waals surface area (Å²) in [6.45, 7) is 7.62. The van der Waals surface area contributed by atoms with Gasteiger partial charge in [0.05, 0.1) is 5.39 Å². The smallest absolute Gasteiger partial charge is 0.274 e. The molecule has 1 fully saturated rings. The molecule has 3 aromatic rings. The first-order valence-electron chi connectivity index (χ1n) is 12.1. The molecule has 0 unspecified atom stereocenters. The molecule has 2 heterocycles. The van der Waals surface area contributed by atoms with Crippen LogP contribution in [0.15, 0.2) is 53.3 Å². The molecule has 1 N–H and O–H groups in total. The van der Waals surface area contributed by atoms with Crippen molar-refractivity contribution < 1.29 is 4.79 Å². The highest BCUT2D eigenvalue weighted by atomic mass is 16.2. The van der Waals surface area contributed by atoms with Crippen molar-refractivity contribution >= 4 is 16.7 Å². The van der Waals surface area contributed by atoms with Crippen LogP contribution < -0.4 is 10.9 Å². The van der Waals surface area contributed by atoms with E-state index in [2.05, 4.69) is 53.4 Å². The largest absolute Gasteiger partial charge is 0.348 e. The zero-order valence-electron chi connectivity index (χ0n) is 19.7. The second kappa shape index (κ2) is 10.8. The second-order valence-corrected chi connectivity index (χ2v) is 9.14. The number of likely N-dealkylation sites (tertiary alicyclic amines) is 1. The van der Waals surface area contributed by atoms with Gasteiger partial charge >= 0.3 is 0 Å². The summed E-state index contributed by atoms with van der Waals surface area (Å²) in [6.07, 6.45) is 4.79. The summed E-state index contributed by atoms with van der Waals surface area (Å²) >= 11 is 0. The Kier molecular flexibility index (Phi) is 7.55. The van der Waals surface area contributed by atoms with E-state index in [0.717, 1.165) is 51.7 Å². The maximum atomic E-state index is 13.2. The van der Waals surface area contributed by atoms with Gasteiger partial charge in [-0.05, 0) is 37.8 Å². The van der Waals surface area contributed by atoms with E-state index >= 15 is 0 Å². The molecule has 4 rings (SSSR count). The van der Waals surface area contributed by atoms with E-state index in [1.807, 2.05) is 18.2 Å². The van der Waals surface area contributed by atoms with Crippen LogP contribution in [-0.2, 0) is 13.1 Å². The van der Waals surface area contributed by atoms with Gasteiger partial charge < -0.3 is 5.32 Å². The van der Waals surface area contributed by atoms with Gasteiger partial charge in [-0.1, -0.05) is 67.8 Å². The molecule has 0 aliphatic carbocycles. The highest BCUT2D eigenvalue weighted by Crippen LogP contribution is 2.17. The first-order chi connectivity index (χ1) is 16.0. The molecule has 1 aliphatic heterocycles. The van der Waals surface area contributed by atoms with Crippen molar-refractivity contribution in [3.05, 3.63) is 75.7 Å². The van der Waals surface area contributed by atoms with E-state index in [0.29, 0.717) is 23.0 Å².